The largest absolute Gasteiger partial charge is 0.488 e. The van der Waals surface area contributed by atoms with E-state index >= 15 is 0 Å². The maximum Gasteiger partial charge on any atom is 0.201 e. The number of hydrogen-bond acceptors (Lipinski definition) is 3. The van der Waals surface area contributed by atoms with Crippen molar-refractivity contribution < 1.29 is 14.3 Å². The first-order chi connectivity index (χ1) is 7.08. The second kappa shape index (κ2) is 4.11. The van der Waals surface area contributed by atoms with Gasteiger partial charge in [0, 0.05) is 12.8 Å². The van der Waals surface area contributed by atoms with Crippen LogP contribution >= 0.6 is 0 Å². The van der Waals surface area contributed by atoms with E-state index in [1.165, 1.54) is 0 Å². The molecule has 0 spiro atoms. The summed E-state index contributed by atoms with van der Waals surface area (Å²) in [7, 11) is 0. The lowest BCUT2D eigenvalue weighted by Crippen LogP contribution is -2.23. The van der Waals surface area contributed by atoms with Crippen LogP contribution in [0.5, 0.6) is 0 Å². The van der Waals surface area contributed by atoms with Gasteiger partial charge in [-0.15, -0.1) is 0 Å². The zero-order valence-corrected chi connectivity index (χ0v) is 11.1. The second-order valence-electron chi connectivity index (χ2n) is 6.10. The molecule has 16 heavy (non-hydrogen) atoms. The first-order valence-electron chi connectivity index (χ1n) is 5.73. The smallest absolute Gasteiger partial charge is 0.201 e. The Bertz CT molecular complexity index is 313. The molecule has 3 nitrogen and oxygen atoms in total. The summed E-state index contributed by atoms with van der Waals surface area (Å²) in [4.78, 5) is 11.7. The number of Topliss-reactive ketones (excluding diaryl/α,β-unsaturated/α-hetero) is 1. The number of allylic oxidation sites excluding steroid dienone is 2. The third-order valence-corrected chi connectivity index (χ3v) is 1.92. The lowest BCUT2D eigenvalue weighted by Gasteiger charge is -2.26. The Morgan fingerprint density at radius 1 is 0.875 bits per heavy atom. The molecule has 0 bridgehead atoms. The van der Waals surface area contributed by atoms with Gasteiger partial charge < -0.3 is 9.47 Å². The highest BCUT2D eigenvalue weighted by Crippen LogP contribution is 2.31. The van der Waals surface area contributed by atoms with Crippen LogP contribution in [0.25, 0.3) is 0 Å². The molecule has 1 aliphatic carbocycles. The monoisotopic (exact) mass is 226 g/mol. The highest BCUT2D eigenvalue weighted by atomic mass is 16.5. The lowest BCUT2D eigenvalue weighted by atomic mass is 10.2. The average Bonchev–Trinajstić information content (AvgIpc) is 2.30. The Labute approximate surface area is 97.8 Å². The molecular weight excluding hydrogens is 204 g/mol. The van der Waals surface area contributed by atoms with E-state index in [1.807, 2.05) is 41.5 Å². The molecule has 3 heteroatoms. The predicted molar refractivity (Wildman–Crippen MR) is 62.9 cm³/mol. The molecule has 0 aromatic rings. The van der Waals surface area contributed by atoms with Crippen LogP contribution < -0.4 is 0 Å². The van der Waals surface area contributed by atoms with Crippen LogP contribution in [0.15, 0.2) is 11.5 Å². The molecule has 92 valence electrons. The van der Waals surface area contributed by atoms with Gasteiger partial charge >= 0.3 is 0 Å². The molecule has 0 saturated heterocycles. The fraction of sp³-hybridized carbons (Fsp3) is 0.769. The SMILES string of the molecule is CC(C)(C)OC1=C(OC(C)(C)C)C(=O)CC1. The third kappa shape index (κ3) is 3.87. The minimum atomic E-state index is -0.359. The minimum absolute atomic E-state index is 0.0502. The van der Waals surface area contributed by atoms with E-state index in [9.17, 15) is 4.79 Å². The van der Waals surface area contributed by atoms with Crippen LogP contribution in [-0.4, -0.2) is 17.0 Å². The number of hydrogen-bond donors (Lipinski definition) is 0. The molecular formula is C13H22O3. The molecule has 0 radical (unpaired) electrons. The van der Waals surface area contributed by atoms with Gasteiger partial charge in [-0.1, -0.05) is 0 Å². The molecule has 0 N–H and O–H groups in total. The second-order valence-corrected chi connectivity index (χ2v) is 6.10. The standard InChI is InChI=1S/C13H22O3/c1-12(2,3)15-10-8-7-9(14)11(10)16-13(4,5)6/h7-8H2,1-6H3. The summed E-state index contributed by atoms with van der Waals surface area (Å²) < 4.78 is 11.4. The third-order valence-electron chi connectivity index (χ3n) is 1.92. The molecule has 0 aromatic heterocycles. The molecule has 0 unspecified atom stereocenters. The van der Waals surface area contributed by atoms with Gasteiger partial charge in [0.05, 0.1) is 0 Å². The van der Waals surface area contributed by atoms with Crippen molar-refractivity contribution in [1.29, 1.82) is 0 Å². The Kier molecular flexibility index (Phi) is 3.36. The number of carbonyl (C=O) groups excluding carboxylic acids is 1. The number of ketones is 1. The molecule has 0 heterocycles. The van der Waals surface area contributed by atoms with Crippen molar-refractivity contribution in [1.82, 2.24) is 0 Å². The highest BCUT2D eigenvalue weighted by molar-refractivity contribution is 5.96. The van der Waals surface area contributed by atoms with Gasteiger partial charge in [-0.05, 0) is 41.5 Å². The van der Waals surface area contributed by atoms with Crippen LogP contribution in [0, 0.1) is 0 Å². The van der Waals surface area contributed by atoms with Crippen LogP contribution in [0.2, 0.25) is 0 Å². The Balaban J connectivity index is 2.88. The van der Waals surface area contributed by atoms with Crippen molar-refractivity contribution in [3.8, 4) is 0 Å². The van der Waals surface area contributed by atoms with E-state index < -0.39 is 0 Å². The maximum absolute atomic E-state index is 11.7. The van der Waals surface area contributed by atoms with Gasteiger partial charge in [0.2, 0.25) is 11.5 Å². The zero-order chi connectivity index (χ0) is 12.6. The minimum Gasteiger partial charge on any atom is -0.488 e. The number of rotatable bonds is 2. The van der Waals surface area contributed by atoms with Gasteiger partial charge in [0.25, 0.3) is 0 Å². The first-order valence-corrected chi connectivity index (χ1v) is 5.73. The lowest BCUT2D eigenvalue weighted by molar-refractivity contribution is -0.120. The molecule has 0 fully saturated rings. The van der Waals surface area contributed by atoms with E-state index in [0.717, 1.165) is 0 Å². The zero-order valence-electron chi connectivity index (χ0n) is 11.1. The van der Waals surface area contributed by atoms with Gasteiger partial charge in [-0.3, -0.25) is 4.79 Å². The summed E-state index contributed by atoms with van der Waals surface area (Å²) in [6.07, 6.45) is 1.15. The number of carbonyl (C=O) groups is 1. The van der Waals surface area contributed by atoms with Crippen molar-refractivity contribution in [2.75, 3.05) is 0 Å². The summed E-state index contributed by atoms with van der Waals surface area (Å²) >= 11 is 0. The first kappa shape index (κ1) is 13.1. The summed E-state index contributed by atoms with van der Waals surface area (Å²) in [5, 5.41) is 0. The fourth-order valence-corrected chi connectivity index (χ4v) is 1.50. The van der Waals surface area contributed by atoms with Gasteiger partial charge in [-0.25, -0.2) is 0 Å². The molecule has 0 saturated carbocycles. The van der Waals surface area contributed by atoms with Crippen molar-refractivity contribution in [2.45, 2.75) is 65.6 Å². The van der Waals surface area contributed by atoms with E-state index in [0.29, 0.717) is 24.4 Å². The summed E-state index contributed by atoms with van der Waals surface area (Å²) in [6.45, 7) is 11.7. The van der Waals surface area contributed by atoms with Crippen molar-refractivity contribution >= 4 is 5.78 Å². The average molecular weight is 226 g/mol. The van der Waals surface area contributed by atoms with Crippen molar-refractivity contribution in [3.05, 3.63) is 11.5 Å². The van der Waals surface area contributed by atoms with E-state index in [2.05, 4.69) is 0 Å². The van der Waals surface area contributed by atoms with Crippen molar-refractivity contribution in [2.24, 2.45) is 0 Å². The van der Waals surface area contributed by atoms with Gasteiger partial charge in [0.15, 0.2) is 0 Å². The Hall–Kier alpha value is -0.990. The topological polar surface area (TPSA) is 35.5 Å². The van der Waals surface area contributed by atoms with Gasteiger partial charge in [0.1, 0.15) is 17.0 Å². The molecule has 0 aromatic carbocycles. The van der Waals surface area contributed by atoms with Crippen molar-refractivity contribution in [3.63, 3.8) is 0 Å². The van der Waals surface area contributed by atoms with Crippen LogP contribution in [0.3, 0.4) is 0 Å². The van der Waals surface area contributed by atoms with Crippen LogP contribution in [-0.2, 0) is 14.3 Å². The van der Waals surface area contributed by atoms with Gasteiger partial charge in [-0.2, -0.15) is 0 Å². The summed E-state index contributed by atoms with van der Waals surface area (Å²) in [5.74, 6) is 1.17. The molecule has 0 atom stereocenters. The molecule has 0 aliphatic heterocycles. The fourth-order valence-electron chi connectivity index (χ4n) is 1.50. The Morgan fingerprint density at radius 2 is 1.38 bits per heavy atom. The Morgan fingerprint density at radius 3 is 1.81 bits per heavy atom. The highest BCUT2D eigenvalue weighted by Gasteiger charge is 2.31. The molecule has 1 aliphatic rings. The van der Waals surface area contributed by atoms with E-state index in [-0.39, 0.29) is 17.0 Å². The van der Waals surface area contributed by atoms with E-state index in [4.69, 9.17) is 9.47 Å². The maximum atomic E-state index is 11.7. The van der Waals surface area contributed by atoms with Crippen LogP contribution in [0.1, 0.15) is 54.4 Å². The molecule has 1 rings (SSSR count). The summed E-state index contributed by atoms with van der Waals surface area (Å²) in [6, 6.07) is 0. The number of ether oxygens (including phenoxy) is 2. The van der Waals surface area contributed by atoms with E-state index in [1.54, 1.807) is 0 Å². The predicted octanol–water partition coefficient (Wildman–Crippen LogP) is 3.19. The summed E-state index contributed by atoms with van der Waals surface area (Å²) in [5.41, 5.74) is -0.645. The molecule has 0 amide bonds. The van der Waals surface area contributed by atoms with Crippen LogP contribution in [0.4, 0.5) is 0 Å². The normalized spacial score (nSPS) is 18.0. The quantitative estimate of drug-likeness (QED) is 0.725.